The fourth-order valence-corrected chi connectivity index (χ4v) is 4.67. The molecule has 2 aromatic carbocycles. The van der Waals surface area contributed by atoms with Crippen LogP contribution in [0.4, 0.5) is 0 Å². The average molecular weight is 393 g/mol. The Morgan fingerprint density at radius 2 is 1.50 bits per heavy atom. The second-order valence-corrected chi connectivity index (χ2v) is 9.28. The Morgan fingerprint density at radius 1 is 0.846 bits per heavy atom. The Hall–Kier alpha value is -1.40. The number of hydrogen-bond acceptors (Lipinski definition) is 4. The van der Waals surface area contributed by atoms with E-state index < -0.39 is 9.84 Å². The van der Waals surface area contributed by atoms with Crippen LogP contribution in [0.2, 0.25) is 5.02 Å². The molecule has 1 saturated heterocycles. The lowest BCUT2D eigenvalue weighted by molar-refractivity contribution is 0.258. The van der Waals surface area contributed by atoms with Gasteiger partial charge in [0.25, 0.3) is 0 Å². The number of sulfone groups is 1. The monoisotopic (exact) mass is 392 g/mol. The molecule has 0 radical (unpaired) electrons. The van der Waals surface area contributed by atoms with Crippen LogP contribution < -0.4 is 0 Å². The summed E-state index contributed by atoms with van der Waals surface area (Å²) in [5, 5.41) is 0.551. The number of nitrogens with zero attached hydrogens (tertiary/aromatic N) is 2. The van der Waals surface area contributed by atoms with E-state index in [2.05, 4.69) is 34.1 Å². The van der Waals surface area contributed by atoms with Gasteiger partial charge in [-0.1, -0.05) is 41.9 Å². The molecule has 0 unspecified atom stereocenters. The van der Waals surface area contributed by atoms with Crippen molar-refractivity contribution < 1.29 is 8.42 Å². The van der Waals surface area contributed by atoms with Crippen molar-refractivity contribution >= 4 is 21.4 Å². The van der Waals surface area contributed by atoms with E-state index in [1.165, 1.54) is 5.56 Å². The molecular weight excluding hydrogens is 368 g/mol. The third-order valence-electron chi connectivity index (χ3n) is 4.78. The second-order valence-electron chi connectivity index (χ2n) is 6.73. The second kappa shape index (κ2) is 9.00. The van der Waals surface area contributed by atoms with Gasteiger partial charge in [-0.25, -0.2) is 8.42 Å². The largest absolute Gasteiger partial charge is 0.301 e. The molecule has 26 heavy (non-hydrogen) atoms. The highest BCUT2D eigenvalue weighted by Gasteiger charge is 2.19. The van der Waals surface area contributed by atoms with Crippen LogP contribution in [0.25, 0.3) is 0 Å². The van der Waals surface area contributed by atoms with Crippen molar-refractivity contribution in [1.29, 1.82) is 0 Å². The van der Waals surface area contributed by atoms with Gasteiger partial charge in [0, 0.05) is 31.2 Å². The highest BCUT2D eigenvalue weighted by molar-refractivity contribution is 7.91. The Kier molecular flexibility index (Phi) is 6.70. The van der Waals surface area contributed by atoms with Gasteiger partial charge in [0.05, 0.1) is 10.6 Å². The molecule has 0 spiro atoms. The molecule has 0 aromatic heterocycles. The maximum absolute atomic E-state index is 12.5. The minimum atomic E-state index is -3.26. The van der Waals surface area contributed by atoms with Gasteiger partial charge in [-0.15, -0.1) is 0 Å². The van der Waals surface area contributed by atoms with Crippen LogP contribution in [0, 0.1) is 0 Å². The van der Waals surface area contributed by atoms with Crippen molar-refractivity contribution in [3.8, 4) is 0 Å². The molecule has 1 fully saturated rings. The third kappa shape index (κ3) is 5.55. The molecule has 140 valence electrons. The summed E-state index contributed by atoms with van der Waals surface area (Å²) < 4.78 is 25.0. The van der Waals surface area contributed by atoms with Gasteiger partial charge < -0.3 is 4.90 Å². The van der Waals surface area contributed by atoms with Crippen LogP contribution in [0.15, 0.2) is 59.5 Å². The number of benzene rings is 2. The van der Waals surface area contributed by atoms with E-state index in [9.17, 15) is 8.42 Å². The highest BCUT2D eigenvalue weighted by atomic mass is 35.5. The molecule has 1 heterocycles. The third-order valence-corrected chi connectivity index (χ3v) is 6.74. The lowest BCUT2D eigenvalue weighted by Crippen LogP contribution is -2.33. The summed E-state index contributed by atoms with van der Waals surface area (Å²) in [5.74, 6) is 0.146. The van der Waals surface area contributed by atoms with Gasteiger partial charge in [-0.2, -0.15) is 0 Å². The van der Waals surface area contributed by atoms with Crippen molar-refractivity contribution in [2.45, 2.75) is 17.9 Å². The van der Waals surface area contributed by atoms with Crippen molar-refractivity contribution in [3.05, 3.63) is 65.2 Å². The maximum Gasteiger partial charge on any atom is 0.179 e. The Bertz CT molecular complexity index is 794. The maximum atomic E-state index is 12.5. The predicted molar refractivity (Wildman–Crippen MR) is 106 cm³/mol. The minimum absolute atomic E-state index is 0.146. The quantitative estimate of drug-likeness (QED) is 0.756. The molecule has 0 atom stereocenters. The smallest absolute Gasteiger partial charge is 0.179 e. The summed E-state index contributed by atoms with van der Waals surface area (Å²) in [6.07, 6.45) is 1.06. The first-order valence-electron chi connectivity index (χ1n) is 9.00. The van der Waals surface area contributed by atoms with Crippen molar-refractivity contribution in [2.24, 2.45) is 0 Å². The fraction of sp³-hybridized carbons (Fsp3) is 0.400. The van der Waals surface area contributed by atoms with Gasteiger partial charge in [-0.05, 0) is 49.3 Å². The molecule has 0 bridgehead atoms. The number of halogens is 1. The van der Waals surface area contributed by atoms with Crippen LogP contribution in [0.1, 0.15) is 12.0 Å². The first-order valence-corrected chi connectivity index (χ1v) is 11.0. The summed E-state index contributed by atoms with van der Waals surface area (Å²) in [6.45, 7) is 5.40. The topological polar surface area (TPSA) is 40.6 Å². The summed E-state index contributed by atoms with van der Waals surface area (Å²) in [5.41, 5.74) is 1.33. The Balaban J connectivity index is 1.51. The van der Waals surface area contributed by atoms with E-state index in [-0.39, 0.29) is 5.75 Å². The zero-order valence-electron chi connectivity index (χ0n) is 14.9. The normalized spacial score (nSPS) is 17.1. The standard InChI is InChI=1S/C20H25ClN2O2S/c21-19-7-9-20(10-8-19)26(24,25)16-15-22-11-4-12-23(14-13-22)17-18-5-2-1-3-6-18/h1-3,5-10H,4,11-17H2. The number of hydrogen-bond donors (Lipinski definition) is 0. The van der Waals surface area contributed by atoms with Crippen LogP contribution in [0.3, 0.4) is 0 Å². The first-order chi connectivity index (χ1) is 12.5. The summed E-state index contributed by atoms with van der Waals surface area (Å²) in [6, 6.07) is 16.9. The van der Waals surface area contributed by atoms with Gasteiger partial charge in [-0.3, -0.25) is 4.90 Å². The Morgan fingerprint density at radius 3 is 2.23 bits per heavy atom. The van der Waals surface area contributed by atoms with E-state index in [0.717, 1.165) is 39.1 Å². The zero-order valence-corrected chi connectivity index (χ0v) is 16.4. The van der Waals surface area contributed by atoms with Crippen molar-refractivity contribution in [2.75, 3.05) is 38.5 Å². The molecule has 2 aromatic rings. The lowest BCUT2D eigenvalue weighted by Gasteiger charge is -2.21. The van der Waals surface area contributed by atoms with E-state index in [1.807, 2.05) is 6.07 Å². The van der Waals surface area contributed by atoms with Crippen molar-refractivity contribution in [1.82, 2.24) is 9.80 Å². The molecular formula is C20H25ClN2O2S. The summed E-state index contributed by atoms with van der Waals surface area (Å²) in [7, 11) is -3.26. The van der Waals surface area contributed by atoms with Gasteiger partial charge in [0.1, 0.15) is 0 Å². The zero-order chi connectivity index (χ0) is 18.4. The molecule has 4 nitrogen and oxygen atoms in total. The van der Waals surface area contributed by atoms with Crippen LogP contribution >= 0.6 is 11.6 Å². The molecule has 3 rings (SSSR count). The van der Waals surface area contributed by atoms with Crippen LogP contribution in [-0.4, -0.2) is 56.7 Å². The van der Waals surface area contributed by atoms with Gasteiger partial charge in [0.2, 0.25) is 0 Å². The highest BCUT2D eigenvalue weighted by Crippen LogP contribution is 2.16. The fourth-order valence-electron chi connectivity index (χ4n) is 3.26. The summed E-state index contributed by atoms with van der Waals surface area (Å²) in [4.78, 5) is 5.06. The predicted octanol–water partition coefficient (Wildman–Crippen LogP) is 3.32. The molecule has 1 aliphatic rings. The lowest BCUT2D eigenvalue weighted by atomic mass is 10.2. The molecule has 1 aliphatic heterocycles. The van der Waals surface area contributed by atoms with Crippen molar-refractivity contribution in [3.63, 3.8) is 0 Å². The van der Waals surface area contributed by atoms with E-state index in [1.54, 1.807) is 24.3 Å². The minimum Gasteiger partial charge on any atom is -0.301 e. The summed E-state index contributed by atoms with van der Waals surface area (Å²) >= 11 is 5.84. The molecule has 0 N–H and O–H groups in total. The SMILES string of the molecule is O=S(=O)(CCN1CCCN(Cc2ccccc2)CC1)c1ccc(Cl)cc1. The number of rotatable bonds is 6. The van der Waals surface area contributed by atoms with Gasteiger partial charge in [0.15, 0.2) is 9.84 Å². The van der Waals surface area contributed by atoms with Crippen LogP contribution in [0.5, 0.6) is 0 Å². The Labute approximate surface area is 161 Å². The van der Waals surface area contributed by atoms with E-state index >= 15 is 0 Å². The van der Waals surface area contributed by atoms with E-state index in [4.69, 9.17) is 11.6 Å². The average Bonchev–Trinajstić information content (AvgIpc) is 2.87. The first kappa shape index (κ1) is 19.4. The van der Waals surface area contributed by atoms with Crippen LogP contribution in [-0.2, 0) is 16.4 Å². The molecule has 0 aliphatic carbocycles. The molecule has 0 saturated carbocycles. The molecule has 0 amide bonds. The van der Waals surface area contributed by atoms with Gasteiger partial charge >= 0.3 is 0 Å². The van der Waals surface area contributed by atoms with E-state index in [0.29, 0.717) is 16.5 Å². The molecule has 6 heteroatoms.